The monoisotopic (exact) mass is 226 g/mol. The summed E-state index contributed by atoms with van der Waals surface area (Å²) in [4.78, 5) is 5.79. The maximum atomic E-state index is 13.9. The van der Waals surface area contributed by atoms with Gasteiger partial charge >= 0.3 is 0 Å². The number of pyridine rings is 1. The predicted octanol–water partition coefficient (Wildman–Crippen LogP) is 0.938. The van der Waals surface area contributed by atoms with Crippen LogP contribution in [-0.4, -0.2) is 36.4 Å². The van der Waals surface area contributed by atoms with Crippen molar-refractivity contribution >= 4 is 5.82 Å². The first-order valence-electron chi connectivity index (χ1n) is 5.29. The number of aliphatic hydroxyl groups excluding tert-OH is 1. The van der Waals surface area contributed by atoms with Crippen LogP contribution in [0.4, 0.5) is 10.2 Å². The number of hydrogen-bond acceptors (Lipinski definition) is 4. The topological polar surface area (TPSA) is 45.6 Å². The molecule has 0 spiro atoms. The maximum Gasteiger partial charge on any atom is 0.171 e. The summed E-state index contributed by atoms with van der Waals surface area (Å²) in [6.45, 7) is 0.994. The normalized spacial score (nSPS) is 20.1. The minimum absolute atomic E-state index is 0.163. The number of hydrogen-bond donors (Lipinski definition) is 1. The molecule has 5 heteroatoms. The summed E-state index contributed by atoms with van der Waals surface area (Å²) in [6, 6.07) is 1.65. The Kier molecular flexibility index (Phi) is 3.36. The lowest BCUT2D eigenvalue weighted by Crippen LogP contribution is -2.33. The molecule has 1 aliphatic heterocycles. The highest BCUT2D eigenvalue weighted by atomic mass is 19.1. The van der Waals surface area contributed by atoms with Gasteiger partial charge in [-0.2, -0.15) is 0 Å². The average molecular weight is 226 g/mol. The molecule has 0 saturated carbocycles. The summed E-state index contributed by atoms with van der Waals surface area (Å²) >= 11 is 0. The van der Waals surface area contributed by atoms with Gasteiger partial charge in [-0.3, -0.25) is 0 Å². The fourth-order valence-corrected chi connectivity index (χ4v) is 1.84. The van der Waals surface area contributed by atoms with Gasteiger partial charge in [0.05, 0.1) is 19.3 Å². The molecule has 1 atom stereocenters. The van der Waals surface area contributed by atoms with E-state index in [0.29, 0.717) is 13.2 Å². The van der Waals surface area contributed by atoms with E-state index in [0.717, 1.165) is 6.42 Å². The minimum atomic E-state index is -0.445. The third-order valence-electron chi connectivity index (χ3n) is 2.91. The summed E-state index contributed by atoms with van der Waals surface area (Å²) in [5.41, 5.74) is 0.274. The Hall–Kier alpha value is -1.20. The number of anilines is 1. The quantitative estimate of drug-likeness (QED) is 0.833. The van der Waals surface area contributed by atoms with Gasteiger partial charge < -0.3 is 14.7 Å². The van der Waals surface area contributed by atoms with E-state index in [1.54, 1.807) is 11.9 Å². The average Bonchev–Trinajstić information content (AvgIpc) is 2.82. The number of ether oxygens (including phenoxy) is 1. The van der Waals surface area contributed by atoms with Crippen LogP contribution in [0.1, 0.15) is 12.0 Å². The van der Waals surface area contributed by atoms with Crippen LogP contribution in [0.3, 0.4) is 0 Å². The number of likely N-dealkylation sites (N-methyl/N-ethyl adjacent to an activating group) is 1. The molecule has 2 heterocycles. The lowest BCUT2D eigenvalue weighted by Gasteiger charge is -2.24. The van der Waals surface area contributed by atoms with E-state index < -0.39 is 5.82 Å². The van der Waals surface area contributed by atoms with Crippen molar-refractivity contribution in [2.45, 2.75) is 19.1 Å². The van der Waals surface area contributed by atoms with Crippen molar-refractivity contribution in [2.75, 3.05) is 25.2 Å². The predicted molar refractivity (Wildman–Crippen MR) is 57.7 cm³/mol. The first-order chi connectivity index (χ1) is 7.74. The van der Waals surface area contributed by atoms with Crippen molar-refractivity contribution in [3.05, 3.63) is 23.6 Å². The Morgan fingerprint density at radius 3 is 3.12 bits per heavy atom. The number of nitrogens with zero attached hydrogens (tertiary/aromatic N) is 2. The zero-order valence-electron chi connectivity index (χ0n) is 9.19. The van der Waals surface area contributed by atoms with Crippen LogP contribution in [0.25, 0.3) is 0 Å². The Morgan fingerprint density at radius 1 is 1.69 bits per heavy atom. The van der Waals surface area contributed by atoms with E-state index in [2.05, 4.69) is 4.98 Å². The van der Waals surface area contributed by atoms with Crippen LogP contribution in [0.2, 0.25) is 0 Å². The van der Waals surface area contributed by atoms with Crippen LogP contribution < -0.4 is 4.90 Å². The molecular formula is C11H15FN2O2. The van der Waals surface area contributed by atoms with E-state index >= 15 is 0 Å². The van der Waals surface area contributed by atoms with Crippen LogP contribution >= 0.6 is 0 Å². The van der Waals surface area contributed by atoms with Crippen molar-refractivity contribution < 1.29 is 14.2 Å². The summed E-state index contributed by atoms with van der Waals surface area (Å²) < 4.78 is 19.1. The first kappa shape index (κ1) is 11.3. The third-order valence-corrected chi connectivity index (χ3v) is 2.91. The molecule has 1 aromatic rings. The molecule has 0 aromatic carbocycles. The fraction of sp³-hybridized carbons (Fsp3) is 0.545. The lowest BCUT2D eigenvalue weighted by atomic mass is 10.2. The summed E-state index contributed by atoms with van der Waals surface area (Å²) in [6.07, 6.45) is 2.39. The van der Waals surface area contributed by atoms with Crippen LogP contribution in [0.5, 0.6) is 0 Å². The molecule has 0 aliphatic carbocycles. The highest BCUT2D eigenvalue weighted by Gasteiger charge is 2.24. The standard InChI is InChI=1S/C11H15FN2O2/c1-14(9-3-5-16-7-9)11-10(12)8(6-15)2-4-13-11/h2,4,9,15H,3,5-7H2,1H3. The second kappa shape index (κ2) is 4.76. The number of halogens is 1. The molecule has 1 saturated heterocycles. The maximum absolute atomic E-state index is 13.9. The molecule has 0 bridgehead atoms. The fourth-order valence-electron chi connectivity index (χ4n) is 1.84. The number of rotatable bonds is 3. The molecule has 2 rings (SSSR count). The summed E-state index contributed by atoms with van der Waals surface area (Å²) in [5, 5.41) is 8.98. The Labute approximate surface area is 93.7 Å². The van der Waals surface area contributed by atoms with Crippen LogP contribution in [0, 0.1) is 5.82 Å². The molecule has 1 aliphatic rings. The summed E-state index contributed by atoms with van der Waals surface area (Å²) in [7, 11) is 1.80. The minimum Gasteiger partial charge on any atom is -0.392 e. The van der Waals surface area contributed by atoms with Gasteiger partial charge in [-0.1, -0.05) is 0 Å². The molecule has 88 valence electrons. The van der Waals surface area contributed by atoms with Gasteiger partial charge in [-0.05, 0) is 12.5 Å². The Bertz CT molecular complexity index is 367. The van der Waals surface area contributed by atoms with Crippen molar-refractivity contribution in [1.29, 1.82) is 0 Å². The summed E-state index contributed by atoms with van der Waals surface area (Å²) in [5.74, 6) is -0.165. The van der Waals surface area contributed by atoms with Crippen molar-refractivity contribution in [1.82, 2.24) is 4.98 Å². The van der Waals surface area contributed by atoms with Gasteiger partial charge in [0.15, 0.2) is 11.6 Å². The molecule has 1 unspecified atom stereocenters. The SMILES string of the molecule is CN(c1nccc(CO)c1F)C1CCOC1. The lowest BCUT2D eigenvalue weighted by molar-refractivity contribution is 0.193. The molecular weight excluding hydrogens is 211 g/mol. The highest BCUT2D eigenvalue weighted by molar-refractivity contribution is 5.43. The molecule has 0 amide bonds. The Morgan fingerprint density at radius 2 is 2.50 bits per heavy atom. The van der Waals surface area contributed by atoms with E-state index in [9.17, 15) is 4.39 Å². The first-order valence-corrected chi connectivity index (χ1v) is 5.29. The molecule has 1 aromatic heterocycles. The second-order valence-corrected chi connectivity index (χ2v) is 3.89. The van der Waals surface area contributed by atoms with Crippen LogP contribution in [0.15, 0.2) is 12.3 Å². The van der Waals surface area contributed by atoms with Gasteiger partial charge in [-0.15, -0.1) is 0 Å². The van der Waals surface area contributed by atoms with Crippen LogP contribution in [-0.2, 0) is 11.3 Å². The van der Waals surface area contributed by atoms with Gasteiger partial charge in [0.2, 0.25) is 0 Å². The smallest absolute Gasteiger partial charge is 0.171 e. The second-order valence-electron chi connectivity index (χ2n) is 3.89. The number of aliphatic hydroxyl groups is 1. The van der Waals surface area contributed by atoms with E-state index in [-0.39, 0.29) is 24.0 Å². The van der Waals surface area contributed by atoms with E-state index in [4.69, 9.17) is 9.84 Å². The van der Waals surface area contributed by atoms with Crippen molar-refractivity contribution in [3.63, 3.8) is 0 Å². The zero-order valence-corrected chi connectivity index (χ0v) is 9.19. The van der Waals surface area contributed by atoms with Crippen molar-refractivity contribution in [3.8, 4) is 0 Å². The molecule has 4 nitrogen and oxygen atoms in total. The molecule has 1 N–H and O–H groups in total. The molecule has 0 radical (unpaired) electrons. The Balaban J connectivity index is 2.25. The third kappa shape index (κ3) is 2.01. The van der Waals surface area contributed by atoms with Crippen molar-refractivity contribution in [2.24, 2.45) is 0 Å². The molecule has 1 fully saturated rings. The van der Waals surface area contributed by atoms with E-state index in [1.165, 1.54) is 12.3 Å². The molecule has 16 heavy (non-hydrogen) atoms. The van der Waals surface area contributed by atoms with Gasteiger partial charge in [-0.25, -0.2) is 9.37 Å². The van der Waals surface area contributed by atoms with Gasteiger partial charge in [0, 0.05) is 25.4 Å². The largest absolute Gasteiger partial charge is 0.392 e. The van der Waals surface area contributed by atoms with E-state index in [1.807, 2.05) is 0 Å². The highest BCUT2D eigenvalue weighted by Crippen LogP contribution is 2.22. The van der Waals surface area contributed by atoms with Gasteiger partial charge in [0.1, 0.15) is 0 Å². The zero-order chi connectivity index (χ0) is 11.5. The number of aromatic nitrogens is 1. The van der Waals surface area contributed by atoms with Gasteiger partial charge in [0.25, 0.3) is 0 Å².